The minimum atomic E-state index is -0.204. The normalized spacial score (nSPS) is 12.5. The molecule has 3 heterocycles. The van der Waals surface area contributed by atoms with E-state index in [1.807, 2.05) is 41.8 Å². The van der Waals surface area contributed by atoms with Crippen molar-refractivity contribution < 1.29 is 4.79 Å². The number of thiazole rings is 1. The third kappa shape index (κ3) is 2.97. The van der Waals surface area contributed by atoms with Crippen LogP contribution in [-0.2, 0) is 6.42 Å². The number of hydrogen-bond donors (Lipinski definition) is 2. The van der Waals surface area contributed by atoms with E-state index in [-0.39, 0.29) is 5.91 Å². The summed E-state index contributed by atoms with van der Waals surface area (Å²) < 4.78 is 0. The van der Waals surface area contributed by atoms with Crippen molar-refractivity contribution >= 4 is 33.8 Å². The number of aromatic amines is 1. The van der Waals surface area contributed by atoms with Crippen molar-refractivity contribution in [2.45, 2.75) is 6.42 Å². The highest BCUT2D eigenvalue weighted by atomic mass is 32.1. The molecule has 2 aromatic heterocycles. The fourth-order valence-electron chi connectivity index (χ4n) is 3.12. The van der Waals surface area contributed by atoms with Crippen LogP contribution in [0.2, 0.25) is 0 Å². The summed E-state index contributed by atoms with van der Waals surface area (Å²) in [5.74, 6) is 0.341. The molecule has 1 aliphatic heterocycles. The Labute approximate surface area is 163 Å². The topological polar surface area (TPSA) is 109 Å². The van der Waals surface area contributed by atoms with Crippen molar-refractivity contribution in [3.8, 4) is 11.4 Å². The SMILES string of the molecule is O=C(Nc1nccs1)c1cccc2c1N=C(c1ccc(-c3nn[nH]n3)cc1)C2. The Morgan fingerprint density at radius 3 is 2.71 bits per heavy atom. The van der Waals surface area contributed by atoms with Crippen LogP contribution in [0.15, 0.2) is 59.0 Å². The molecule has 8 nitrogen and oxygen atoms in total. The highest BCUT2D eigenvalue weighted by Crippen LogP contribution is 2.33. The van der Waals surface area contributed by atoms with Crippen LogP contribution in [0.5, 0.6) is 0 Å². The molecule has 4 aromatic rings. The van der Waals surface area contributed by atoms with E-state index in [9.17, 15) is 4.79 Å². The lowest BCUT2D eigenvalue weighted by molar-refractivity contribution is 0.102. The summed E-state index contributed by atoms with van der Waals surface area (Å²) in [7, 11) is 0. The molecule has 2 N–H and O–H groups in total. The Balaban J connectivity index is 1.43. The van der Waals surface area contributed by atoms with Gasteiger partial charge in [0, 0.05) is 23.6 Å². The molecule has 0 saturated heterocycles. The van der Waals surface area contributed by atoms with Gasteiger partial charge in [0.25, 0.3) is 5.91 Å². The highest BCUT2D eigenvalue weighted by molar-refractivity contribution is 7.13. The number of para-hydroxylation sites is 1. The van der Waals surface area contributed by atoms with E-state index >= 15 is 0 Å². The summed E-state index contributed by atoms with van der Waals surface area (Å²) in [6.45, 7) is 0. The molecule has 0 radical (unpaired) electrons. The summed E-state index contributed by atoms with van der Waals surface area (Å²) in [4.78, 5) is 21.5. The van der Waals surface area contributed by atoms with Crippen LogP contribution in [0.3, 0.4) is 0 Å². The molecule has 9 heteroatoms. The predicted molar refractivity (Wildman–Crippen MR) is 106 cm³/mol. The van der Waals surface area contributed by atoms with Crippen LogP contribution in [0.25, 0.3) is 11.4 Å². The van der Waals surface area contributed by atoms with Gasteiger partial charge in [-0.3, -0.25) is 15.1 Å². The molecule has 1 aliphatic rings. The molecule has 0 bridgehead atoms. The Bertz CT molecular complexity index is 1170. The number of nitrogens with zero attached hydrogens (tertiary/aromatic N) is 5. The summed E-state index contributed by atoms with van der Waals surface area (Å²) in [6.07, 6.45) is 2.33. The summed E-state index contributed by atoms with van der Waals surface area (Å²) >= 11 is 1.38. The zero-order chi connectivity index (χ0) is 18.9. The molecule has 0 unspecified atom stereocenters. The summed E-state index contributed by atoms with van der Waals surface area (Å²) in [5, 5.41) is 19.2. The van der Waals surface area contributed by atoms with Crippen LogP contribution >= 0.6 is 11.3 Å². The lowest BCUT2D eigenvalue weighted by Gasteiger charge is -2.05. The first-order chi connectivity index (χ1) is 13.8. The zero-order valence-corrected chi connectivity index (χ0v) is 15.3. The van der Waals surface area contributed by atoms with Gasteiger partial charge in [0.15, 0.2) is 5.13 Å². The average Bonchev–Trinajstić information content (AvgIpc) is 3.48. The van der Waals surface area contributed by atoms with Crippen molar-refractivity contribution in [2.75, 3.05) is 5.32 Å². The Hall–Kier alpha value is -3.72. The largest absolute Gasteiger partial charge is 0.298 e. The molecular weight excluding hydrogens is 374 g/mol. The summed E-state index contributed by atoms with van der Waals surface area (Å²) in [6, 6.07) is 13.5. The number of aromatic nitrogens is 5. The standard InChI is InChI=1S/C19H13N7OS/c27-18(22-19-20-8-9-28-19)14-3-1-2-13-10-15(21-16(13)14)11-4-6-12(7-5-11)17-23-25-26-24-17/h1-9H,10H2,(H,20,22,27)(H,23,24,25,26). The average molecular weight is 387 g/mol. The first kappa shape index (κ1) is 16.5. The molecule has 28 heavy (non-hydrogen) atoms. The third-order valence-corrected chi connectivity index (χ3v) is 5.13. The molecular formula is C19H13N7OS. The molecule has 0 aliphatic carbocycles. The Morgan fingerprint density at radius 1 is 1.11 bits per heavy atom. The van der Waals surface area contributed by atoms with E-state index in [0.29, 0.717) is 28.6 Å². The van der Waals surface area contributed by atoms with Gasteiger partial charge in [-0.15, -0.1) is 21.5 Å². The molecule has 136 valence electrons. The molecule has 0 saturated carbocycles. The van der Waals surface area contributed by atoms with Gasteiger partial charge >= 0.3 is 0 Å². The first-order valence-corrected chi connectivity index (χ1v) is 9.40. The van der Waals surface area contributed by atoms with E-state index in [1.165, 1.54) is 11.3 Å². The minimum absolute atomic E-state index is 0.204. The maximum atomic E-state index is 12.7. The number of nitrogens with one attached hydrogen (secondary N) is 2. The van der Waals surface area contributed by atoms with Crippen LogP contribution < -0.4 is 5.32 Å². The van der Waals surface area contributed by atoms with Gasteiger partial charge in [-0.25, -0.2) is 4.98 Å². The van der Waals surface area contributed by atoms with Crippen molar-refractivity contribution in [1.82, 2.24) is 25.6 Å². The van der Waals surface area contributed by atoms with E-state index in [0.717, 1.165) is 22.4 Å². The number of amides is 1. The van der Waals surface area contributed by atoms with Crippen LogP contribution in [-0.4, -0.2) is 37.2 Å². The van der Waals surface area contributed by atoms with Gasteiger partial charge in [-0.2, -0.15) is 5.21 Å². The fourth-order valence-corrected chi connectivity index (χ4v) is 3.64. The Morgan fingerprint density at radius 2 is 1.96 bits per heavy atom. The second kappa shape index (κ2) is 6.78. The van der Waals surface area contributed by atoms with E-state index in [4.69, 9.17) is 4.99 Å². The maximum absolute atomic E-state index is 12.7. The zero-order valence-electron chi connectivity index (χ0n) is 14.5. The first-order valence-electron chi connectivity index (χ1n) is 8.52. The molecule has 5 rings (SSSR count). The second-order valence-electron chi connectivity index (χ2n) is 6.15. The van der Waals surface area contributed by atoms with Gasteiger partial charge in [0.05, 0.1) is 17.0 Å². The van der Waals surface area contributed by atoms with E-state index in [2.05, 4.69) is 30.9 Å². The number of carbonyl (C=O) groups excluding carboxylic acids is 1. The van der Waals surface area contributed by atoms with Gasteiger partial charge in [-0.05, 0) is 22.4 Å². The molecule has 0 atom stereocenters. The number of benzene rings is 2. The number of aliphatic imine (C=N–C) groups is 1. The van der Waals surface area contributed by atoms with E-state index < -0.39 is 0 Å². The monoisotopic (exact) mass is 387 g/mol. The van der Waals surface area contributed by atoms with Crippen LogP contribution in [0.1, 0.15) is 21.5 Å². The minimum Gasteiger partial charge on any atom is -0.298 e. The van der Waals surface area contributed by atoms with Crippen molar-refractivity contribution in [1.29, 1.82) is 0 Å². The van der Waals surface area contributed by atoms with Crippen LogP contribution in [0, 0.1) is 0 Å². The third-order valence-electron chi connectivity index (χ3n) is 4.44. The lowest BCUT2D eigenvalue weighted by Crippen LogP contribution is -2.11. The van der Waals surface area contributed by atoms with E-state index in [1.54, 1.807) is 12.3 Å². The number of H-pyrrole nitrogens is 1. The molecule has 2 aromatic carbocycles. The van der Waals surface area contributed by atoms with Gasteiger partial charge in [-0.1, -0.05) is 36.4 Å². The van der Waals surface area contributed by atoms with Gasteiger partial charge in [0.1, 0.15) is 0 Å². The highest BCUT2D eigenvalue weighted by Gasteiger charge is 2.22. The number of fused-ring (bicyclic) bond motifs is 1. The van der Waals surface area contributed by atoms with Crippen molar-refractivity contribution in [3.63, 3.8) is 0 Å². The second-order valence-corrected chi connectivity index (χ2v) is 7.05. The Kier molecular flexibility index (Phi) is 3.99. The quantitative estimate of drug-likeness (QED) is 0.559. The molecule has 0 fully saturated rings. The maximum Gasteiger partial charge on any atom is 0.259 e. The number of tetrazole rings is 1. The molecule has 1 amide bonds. The smallest absolute Gasteiger partial charge is 0.259 e. The number of hydrogen-bond acceptors (Lipinski definition) is 7. The summed E-state index contributed by atoms with van der Waals surface area (Å²) in [5.41, 5.74) is 5.08. The number of anilines is 1. The van der Waals surface area contributed by atoms with Crippen molar-refractivity contribution in [2.24, 2.45) is 4.99 Å². The molecule has 0 spiro atoms. The predicted octanol–water partition coefficient (Wildman–Crippen LogP) is 3.25. The fraction of sp³-hybridized carbons (Fsp3) is 0.0526. The number of rotatable bonds is 4. The van der Waals surface area contributed by atoms with Gasteiger partial charge in [0.2, 0.25) is 5.82 Å². The number of carbonyl (C=O) groups is 1. The van der Waals surface area contributed by atoms with Gasteiger partial charge < -0.3 is 0 Å². The van der Waals surface area contributed by atoms with Crippen LogP contribution in [0.4, 0.5) is 10.8 Å². The van der Waals surface area contributed by atoms with Crippen molar-refractivity contribution in [3.05, 3.63) is 70.7 Å². The lowest BCUT2D eigenvalue weighted by atomic mass is 10.0.